The Hall–Kier alpha value is -3.00. The van der Waals surface area contributed by atoms with Crippen LogP contribution < -0.4 is 5.32 Å². The summed E-state index contributed by atoms with van der Waals surface area (Å²) in [6.07, 6.45) is 1.08. The number of hydrogen-bond acceptors (Lipinski definition) is 2. The number of anilines is 1. The number of nitrogens with zero attached hydrogens (tertiary/aromatic N) is 1. The van der Waals surface area contributed by atoms with E-state index in [-0.39, 0.29) is 11.1 Å². The third-order valence-corrected chi connectivity index (χ3v) is 2.90. The van der Waals surface area contributed by atoms with Gasteiger partial charge in [0.05, 0.1) is 0 Å². The van der Waals surface area contributed by atoms with Gasteiger partial charge in [0, 0.05) is 17.3 Å². The number of nitrogens with one attached hydrogen (secondary N) is 1. The first-order chi connectivity index (χ1) is 10.5. The predicted molar refractivity (Wildman–Crippen MR) is 79.8 cm³/mol. The SMILES string of the molecule is Cc1cccc(NC(=O)/C(C#N)=C\c2ccc(F)cc2F)c1. The van der Waals surface area contributed by atoms with Crippen LogP contribution in [-0.2, 0) is 4.79 Å². The van der Waals surface area contributed by atoms with Gasteiger partial charge in [0.25, 0.3) is 5.91 Å². The first-order valence-electron chi connectivity index (χ1n) is 6.44. The Balaban J connectivity index is 2.26. The standard InChI is InChI=1S/C17H12F2N2O/c1-11-3-2-4-15(7-11)21-17(22)13(10-20)8-12-5-6-14(18)9-16(12)19/h2-9H,1H3,(H,21,22)/b13-8-. The zero-order valence-corrected chi connectivity index (χ0v) is 11.7. The minimum absolute atomic E-state index is 0.0302. The van der Waals surface area contributed by atoms with Gasteiger partial charge in [0.1, 0.15) is 23.3 Å². The van der Waals surface area contributed by atoms with Gasteiger partial charge in [0.15, 0.2) is 0 Å². The molecule has 0 aromatic heterocycles. The molecule has 0 fully saturated rings. The van der Waals surface area contributed by atoms with Gasteiger partial charge in [-0.25, -0.2) is 8.78 Å². The average molecular weight is 298 g/mol. The monoisotopic (exact) mass is 298 g/mol. The van der Waals surface area contributed by atoms with Crippen LogP contribution in [0.5, 0.6) is 0 Å². The molecule has 22 heavy (non-hydrogen) atoms. The van der Waals surface area contributed by atoms with Crippen LogP contribution in [0.15, 0.2) is 48.0 Å². The molecule has 0 spiro atoms. The Bertz CT molecular complexity index is 791. The third-order valence-electron chi connectivity index (χ3n) is 2.90. The lowest BCUT2D eigenvalue weighted by Gasteiger charge is -2.05. The summed E-state index contributed by atoms with van der Waals surface area (Å²) in [5.41, 5.74) is 1.18. The number of halogens is 2. The van der Waals surface area contributed by atoms with Crippen LogP contribution in [0, 0.1) is 29.9 Å². The summed E-state index contributed by atoms with van der Waals surface area (Å²) in [4.78, 5) is 12.0. The lowest BCUT2D eigenvalue weighted by molar-refractivity contribution is -0.112. The maximum absolute atomic E-state index is 13.6. The summed E-state index contributed by atoms with van der Waals surface area (Å²) in [6.45, 7) is 1.87. The molecule has 0 aliphatic carbocycles. The molecule has 0 saturated heterocycles. The van der Waals surface area contributed by atoms with Crippen molar-refractivity contribution in [3.8, 4) is 6.07 Å². The van der Waals surface area contributed by atoms with Crippen molar-refractivity contribution in [1.29, 1.82) is 5.26 Å². The van der Waals surface area contributed by atoms with E-state index < -0.39 is 17.5 Å². The van der Waals surface area contributed by atoms with Gasteiger partial charge in [-0.05, 0) is 42.8 Å². The number of benzene rings is 2. The number of rotatable bonds is 3. The molecule has 0 aliphatic rings. The van der Waals surface area contributed by atoms with Gasteiger partial charge in [-0.15, -0.1) is 0 Å². The zero-order chi connectivity index (χ0) is 16.1. The summed E-state index contributed by atoms with van der Waals surface area (Å²) in [7, 11) is 0. The van der Waals surface area contributed by atoms with E-state index in [0.29, 0.717) is 11.8 Å². The van der Waals surface area contributed by atoms with Crippen LogP contribution in [0.1, 0.15) is 11.1 Å². The molecule has 110 valence electrons. The molecule has 0 saturated carbocycles. The number of aryl methyl sites for hydroxylation is 1. The zero-order valence-electron chi connectivity index (χ0n) is 11.7. The molecule has 1 N–H and O–H groups in total. The first-order valence-corrected chi connectivity index (χ1v) is 6.44. The van der Waals surface area contributed by atoms with Crippen LogP contribution in [0.4, 0.5) is 14.5 Å². The molecule has 0 atom stereocenters. The number of carbonyl (C=O) groups excluding carboxylic acids is 1. The number of carbonyl (C=O) groups is 1. The molecule has 0 aliphatic heterocycles. The molecule has 0 unspecified atom stereocenters. The van der Waals surface area contributed by atoms with Crippen molar-refractivity contribution in [2.45, 2.75) is 6.92 Å². The van der Waals surface area contributed by atoms with Crippen molar-refractivity contribution in [3.63, 3.8) is 0 Å². The van der Waals surface area contributed by atoms with Crippen LogP contribution in [0.2, 0.25) is 0 Å². The second kappa shape index (κ2) is 6.64. The van der Waals surface area contributed by atoms with Crippen molar-refractivity contribution >= 4 is 17.7 Å². The lowest BCUT2D eigenvalue weighted by Crippen LogP contribution is -2.13. The molecule has 5 heteroatoms. The lowest BCUT2D eigenvalue weighted by atomic mass is 10.1. The smallest absolute Gasteiger partial charge is 0.266 e. The van der Waals surface area contributed by atoms with Gasteiger partial charge in [-0.1, -0.05) is 12.1 Å². The predicted octanol–water partition coefficient (Wildman–Crippen LogP) is 3.82. The molecule has 2 aromatic rings. The summed E-state index contributed by atoms with van der Waals surface area (Å²) in [6, 6.07) is 11.7. The Morgan fingerprint density at radius 2 is 2.00 bits per heavy atom. The molecular weight excluding hydrogens is 286 g/mol. The number of hydrogen-bond donors (Lipinski definition) is 1. The normalized spacial score (nSPS) is 10.9. The van der Waals surface area contributed by atoms with Crippen molar-refractivity contribution in [2.24, 2.45) is 0 Å². The largest absolute Gasteiger partial charge is 0.321 e. The van der Waals surface area contributed by atoms with E-state index in [1.165, 1.54) is 6.07 Å². The maximum Gasteiger partial charge on any atom is 0.266 e. The summed E-state index contributed by atoms with van der Waals surface area (Å²) in [5.74, 6) is -2.22. The highest BCUT2D eigenvalue weighted by Crippen LogP contribution is 2.15. The van der Waals surface area contributed by atoms with Gasteiger partial charge < -0.3 is 5.32 Å². The minimum Gasteiger partial charge on any atom is -0.321 e. The Morgan fingerprint density at radius 1 is 1.23 bits per heavy atom. The van der Waals surface area contributed by atoms with E-state index in [1.807, 2.05) is 13.0 Å². The summed E-state index contributed by atoms with van der Waals surface area (Å²) in [5, 5.41) is 11.6. The quantitative estimate of drug-likeness (QED) is 0.692. The fourth-order valence-electron chi connectivity index (χ4n) is 1.84. The molecule has 0 bridgehead atoms. The third kappa shape index (κ3) is 3.76. The molecule has 1 amide bonds. The second-order valence-corrected chi connectivity index (χ2v) is 4.66. The minimum atomic E-state index is -0.837. The van der Waals surface area contributed by atoms with Crippen molar-refractivity contribution in [3.05, 3.63) is 70.8 Å². The molecule has 0 heterocycles. The Morgan fingerprint density at radius 3 is 2.64 bits per heavy atom. The van der Waals surface area contributed by atoms with Gasteiger partial charge >= 0.3 is 0 Å². The van der Waals surface area contributed by atoms with Gasteiger partial charge in [-0.3, -0.25) is 4.79 Å². The van der Waals surface area contributed by atoms with Crippen molar-refractivity contribution in [1.82, 2.24) is 0 Å². The van der Waals surface area contributed by atoms with Gasteiger partial charge in [-0.2, -0.15) is 5.26 Å². The van der Waals surface area contributed by atoms with E-state index in [0.717, 1.165) is 17.7 Å². The van der Waals surface area contributed by atoms with Crippen molar-refractivity contribution in [2.75, 3.05) is 5.32 Å². The topological polar surface area (TPSA) is 52.9 Å². The second-order valence-electron chi connectivity index (χ2n) is 4.66. The fraction of sp³-hybridized carbons (Fsp3) is 0.0588. The van der Waals surface area contributed by atoms with Gasteiger partial charge in [0.2, 0.25) is 0 Å². The summed E-state index contributed by atoms with van der Waals surface area (Å²) >= 11 is 0. The Labute approximate surface area is 126 Å². The average Bonchev–Trinajstić information content (AvgIpc) is 2.46. The highest BCUT2D eigenvalue weighted by atomic mass is 19.1. The van der Waals surface area contributed by atoms with E-state index in [9.17, 15) is 13.6 Å². The van der Waals surface area contributed by atoms with E-state index >= 15 is 0 Å². The van der Waals surface area contributed by atoms with Crippen LogP contribution >= 0.6 is 0 Å². The van der Waals surface area contributed by atoms with E-state index in [2.05, 4.69) is 5.32 Å². The molecular formula is C17H12F2N2O. The molecule has 0 radical (unpaired) electrons. The molecule has 2 rings (SSSR count). The Kier molecular flexibility index (Phi) is 4.64. The van der Waals surface area contributed by atoms with Crippen molar-refractivity contribution < 1.29 is 13.6 Å². The van der Waals surface area contributed by atoms with Crippen LogP contribution in [0.3, 0.4) is 0 Å². The maximum atomic E-state index is 13.6. The molecule has 2 aromatic carbocycles. The van der Waals surface area contributed by atoms with Crippen LogP contribution in [0.25, 0.3) is 6.08 Å². The highest BCUT2D eigenvalue weighted by Gasteiger charge is 2.11. The first kappa shape index (κ1) is 15.4. The van der Waals surface area contributed by atoms with E-state index in [4.69, 9.17) is 5.26 Å². The van der Waals surface area contributed by atoms with Crippen LogP contribution in [-0.4, -0.2) is 5.91 Å². The van der Waals surface area contributed by atoms with E-state index in [1.54, 1.807) is 24.3 Å². The fourth-order valence-corrected chi connectivity index (χ4v) is 1.84. The summed E-state index contributed by atoms with van der Waals surface area (Å²) < 4.78 is 26.4. The number of amides is 1. The molecule has 3 nitrogen and oxygen atoms in total. The highest BCUT2D eigenvalue weighted by molar-refractivity contribution is 6.09. The number of nitriles is 1.